The van der Waals surface area contributed by atoms with E-state index in [1.54, 1.807) is 30.6 Å². The Hall–Kier alpha value is -1.38. The van der Waals surface area contributed by atoms with Crippen LogP contribution in [0.5, 0.6) is 0 Å². The number of halogens is 2. The first kappa shape index (κ1) is 12.1. The van der Waals surface area contributed by atoms with Crippen LogP contribution >= 0.6 is 23.2 Å². The summed E-state index contributed by atoms with van der Waals surface area (Å²) >= 11 is 11.9. The summed E-state index contributed by atoms with van der Waals surface area (Å²) in [4.78, 5) is 4.02. The molecule has 2 nitrogen and oxygen atoms in total. The predicted octanol–water partition coefficient (Wildman–Crippen LogP) is 4.00. The molecule has 4 heteroatoms. The molecule has 0 saturated carbocycles. The molecule has 0 unspecified atom stereocenters. The lowest BCUT2D eigenvalue weighted by Crippen LogP contribution is -2.04. The van der Waals surface area contributed by atoms with Gasteiger partial charge in [-0.3, -0.25) is 4.98 Å². The molecule has 1 heterocycles. The van der Waals surface area contributed by atoms with Crippen molar-refractivity contribution in [1.29, 1.82) is 5.41 Å². The lowest BCUT2D eigenvalue weighted by molar-refractivity contribution is 1.20. The van der Waals surface area contributed by atoms with E-state index in [4.69, 9.17) is 28.6 Å². The zero-order valence-corrected chi connectivity index (χ0v) is 10.5. The van der Waals surface area contributed by atoms with Crippen LogP contribution in [0.3, 0.4) is 0 Å². The summed E-state index contributed by atoms with van der Waals surface area (Å²) in [6, 6.07) is 8.94. The van der Waals surface area contributed by atoms with Crippen molar-refractivity contribution in [2.24, 2.45) is 0 Å². The number of rotatable bonds is 3. The Morgan fingerprint density at radius 3 is 2.71 bits per heavy atom. The van der Waals surface area contributed by atoms with E-state index in [1.165, 1.54) is 0 Å². The van der Waals surface area contributed by atoms with Crippen molar-refractivity contribution in [3.05, 3.63) is 63.9 Å². The van der Waals surface area contributed by atoms with Crippen molar-refractivity contribution < 1.29 is 0 Å². The Balaban J connectivity index is 2.21. The van der Waals surface area contributed by atoms with Gasteiger partial charge in [0.25, 0.3) is 0 Å². The first-order valence-electron chi connectivity index (χ1n) is 5.08. The van der Waals surface area contributed by atoms with Crippen LogP contribution in [0.25, 0.3) is 0 Å². The molecule has 1 aromatic carbocycles. The lowest BCUT2D eigenvalue weighted by atomic mass is 10.0. The normalized spacial score (nSPS) is 10.2. The molecule has 0 fully saturated rings. The number of nitrogens with zero attached hydrogens (tertiary/aromatic N) is 1. The van der Waals surface area contributed by atoms with E-state index in [0.29, 0.717) is 27.7 Å². The molecule has 17 heavy (non-hydrogen) atoms. The summed E-state index contributed by atoms with van der Waals surface area (Å²) in [5.41, 5.74) is 2.16. The monoisotopic (exact) mass is 264 g/mol. The van der Waals surface area contributed by atoms with Gasteiger partial charge in [-0.2, -0.15) is 0 Å². The summed E-state index contributed by atoms with van der Waals surface area (Å²) < 4.78 is 0. The number of hydrogen-bond donors (Lipinski definition) is 1. The molecule has 0 radical (unpaired) electrons. The van der Waals surface area contributed by atoms with Crippen LogP contribution in [0.2, 0.25) is 10.0 Å². The van der Waals surface area contributed by atoms with Crippen LogP contribution in [0.1, 0.15) is 11.1 Å². The van der Waals surface area contributed by atoms with Gasteiger partial charge >= 0.3 is 0 Å². The fraction of sp³-hybridized carbons (Fsp3) is 0.0769. The summed E-state index contributed by atoms with van der Waals surface area (Å²) in [5, 5.41) is 9.11. The third kappa shape index (κ3) is 3.05. The molecule has 0 aliphatic rings. The molecule has 1 N–H and O–H groups in total. The Bertz CT molecular complexity index is 538. The highest BCUT2D eigenvalue weighted by atomic mass is 35.5. The highest BCUT2D eigenvalue weighted by Crippen LogP contribution is 2.22. The molecular weight excluding hydrogens is 255 g/mol. The van der Waals surface area contributed by atoms with Gasteiger partial charge in [-0.1, -0.05) is 35.3 Å². The molecule has 0 atom stereocenters. The summed E-state index contributed by atoms with van der Waals surface area (Å²) in [7, 11) is 0. The summed E-state index contributed by atoms with van der Waals surface area (Å²) in [6.07, 6.45) is 3.97. The third-order valence-corrected chi connectivity index (χ3v) is 2.91. The Morgan fingerprint density at radius 1 is 1.24 bits per heavy atom. The summed E-state index contributed by atoms with van der Waals surface area (Å²) in [5.74, 6) is 0. The van der Waals surface area contributed by atoms with Gasteiger partial charge in [0, 0.05) is 35.1 Å². The molecule has 2 rings (SSSR count). The van der Waals surface area contributed by atoms with E-state index in [1.807, 2.05) is 12.1 Å². The number of hydrogen-bond acceptors (Lipinski definition) is 2. The van der Waals surface area contributed by atoms with Crippen molar-refractivity contribution in [3.63, 3.8) is 0 Å². The van der Waals surface area contributed by atoms with Gasteiger partial charge in [-0.05, 0) is 23.8 Å². The molecule has 0 aliphatic carbocycles. The van der Waals surface area contributed by atoms with E-state index >= 15 is 0 Å². The second-order valence-corrected chi connectivity index (χ2v) is 4.48. The van der Waals surface area contributed by atoms with Crippen molar-refractivity contribution in [2.75, 3.05) is 0 Å². The highest BCUT2D eigenvalue weighted by molar-refractivity contribution is 6.37. The molecule has 0 saturated heterocycles. The SMILES string of the molecule is N=C(Cc1cccnc1)c1ccc(Cl)cc1Cl. The molecule has 0 spiro atoms. The minimum atomic E-state index is 0.458. The molecule has 0 aliphatic heterocycles. The van der Waals surface area contributed by atoms with Gasteiger partial charge in [0.15, 0.2) is 0 Å². The maximum absolute atomic E-state index is 8.02. The van der Waals surface area contributed by atoms with E-state index in [-0.39, 0.29) is 0 Å². The van der Waals surface area contributed by atoms with Gasteiger partial charge in [0.2, 0.25) is 0 Å². The van der Waals surface area contributed by atoms with Crippen LogP contribution in [-0.2, 0) is 6.42 Å². The Morgan fingerprint density at radius 2 is 2.06 bits per heavy atom. The minimum absolute atomic E-state index is 0.458. The van der Waals surface area contributed by atoms with E-state index < -0.39 is 0 Å². The quantitative estimate of drug-likeness (QED) is 0.836. The zero-order chi connectivity index (χ0) is 12.3. The molecule has 1 aromatic heterocycles. The second-order valence-electron chi connectivity index (χ2n) is 3.64. The van der Waals surface area contributed by atoms with Crippen molar-refractivity contribution in [2.45, 2.75) is 6.42 Å². The van der Waals surface area contributed by atoms with Crippen LogP contribution in [0, 0.1) is 5.41 Å². The van der Waals surface area contributed by atoms with Crippen LogP contribution in [-0.4, -0.2) is 10.7 Å². The third-order valence-electron chi connectivity index (χ3n) is 2.36. The average Bonchev–Trinajstić information content (AvgIpc) is 2.30. The van der Waals surface area contributed by atoms with Crippen molar-refractivity contribution in [1.82, 2.24) is 4.98 Å². The largest absolute Gasteiger partial charge is 0.304 e. The van der Waals surface area contributed by atoms with Gasteiger partial charge in [0.1, 0.15) is 0 Å². The molecule has 0 amide bonds. The standard InChI is InChI=1S/C13H10Cl2N2/c14-10-3-4-11(12(15)7-10)13(16)6-9-2-1-5-17-8-9/h1-5,7-8,16H,6H2. The first-order chi connectivity index (χ1) is 8.16. The fourth-order valence-electron chi connectivity index (χ4n) is 1.54. The molecule has 2 aromatic rings. The maximum Gasteiger partial charge on any atom is 0.0511 e. The Labute approximate surface area is 110 Å². The van der Waals surface area contributed by atoms with Crippen molar-refractivity contribution in [3.8, 4) is 0 Å². The number of benzene rings is 1. The van der Waals surface area contributed by atoms with Crippen LogP contribution in [0.4, 0.5) is 0 Å². The smallest absolute Gasteiger partial charge is 0.0511 e. The topological polar surface area (TPSA) is 36.7 Å². The van der Waals surface area contributed by atoms with E-state index in [0.717, 1.165) is 5.56 Å². The lowest BCUT2D eigenvalue weighted by Gasteiger charge is -2.06. The van der Waals surface area contributed by atoms with Crippen molar-refractivity contribution >= 4 is 28.9 Å². The molecular formula is C13H10Cl2N2. The van der Waals surface area contributed by atoms with Gasteiger partial charge in [-0.25, -0.2) is 0 Å². The minimum Gasteiger partial charge on any atom is -0.304 e. The highest BCUT2D eigenvalue weighted by Gasteiger charge is 2.08. The van der Waals surface area contributed by atoms with Crippen LogP contribution in [0.15, 0.2) is 42.7 Å². The maximum atomic E-state index is 8.02. The first-order valence-corrected chi connectivity index (χ1v) is 5.84. The van der Waals surface area contributed by atoms with E-state index in [2.05, 4.69) is 4.98 Å². The predicted molar refractivity (Wildman–Crippen MR) is 71.2 cm³/mol. The van der Waals surface area contributed by atoms with Gasteiger partial charge in [-0.15, -0.1) is 0 Å². The zero-order valence-electron chi connectivity index (χ0n) is 8.95. The van der Waals surface area contributed by atoms with Gasteiger partial charge < -0.3 is 5.41 Å². The molecule has 86 valence electrons. The Kier molecular flexibility index (Phi) is 3.77. The van der Waals surface area contributed by atoms with Crippen LogP contribution < -0.4 is 0 Å². The molecule has 0 bridgehead atoms. The number of nitrogens with one attached hydrogen (secondary N) is 1. The summed E-state index contributed by atoms with van der Waals surface area (Å²) in [6.45, 7) is 0. The number of aromatic nitrogens is 1. The fourth-order valence-corrected chi connectivity index (χ4v) is 2.06. The average molecular weight is 265 g/mol. The second kappa shape index (κ2) is 5.30. The van der Waals surface area contributed by atoms with E-state index in [9.17, 15) is 0 Å². The number of pyridine rings is 1. The van der Waals surface area contributed by atoms with Gasteiger partial charge in [0.05, 0.1) is 5.02 Å².